The summed E-state index contributed by atoms with van der Waals surface area (Å²) >= 11 is 1.36. The van der Waals surface area contributed by atoms with Crippen molar-refractivity contribution >= 4 is 44.9 Å². The van der Waals surface area contributed by atoms with Crippen LogP contribution in [0, 0.1) is 13.8 Å². The minimum atomic E-state index is -0.155. The molecule has 0 aliphatic carbocycles. The van der Waals surface area contributed by atoms with Crippen LogP contribution in [0.2, 0.25) is 0 Å². The number of carbonyl (C=O) groups excluding carboxylic acids is 2. The third-order valence-electron chi connectivity index (χ3n) is 4.45. The van der Waals surface area contributed by atoms with Crippen LogP contribution >= 0.6 is 11.3 Å². The van der Waals surface area contributed by atoms with Gasteiger partial charge >= 0.3 is 0 Å². The number of benzene rings is 1. The van der Waals surface area contributed by atoms with Crippen LogP contribution in [0.15, 0.2) is 24.5 Å². The molecule has 0 saturated carbocycles. The Balaban J connectivity index is 2.02. The molecule has 7 nitrogen and oxygen atoms in total. The molecule has 3 N–H and O–H groups in total. The monoisotopic (exact) mass is 397 g/mol. The number of nitrogens with one attached hydrogen (secondary N) is 3. The number of amides is 2. The van der Waals surface area contributed by atoms with E-state index in [-0.39, 0.29) is 11.8 Å². The van der Waals surface area contributed by atoms with E-state index in [0.717, 1.165) is 33.5 Å². The molecule has 0 fully saturated rings. The maximum absolute atomic E-state index is 12.5. The maximum atomic E-state index is 12.5. The molecule has 28 heavy (non-hydrogen) atoms. The van der Waals surface area contributed by atoms with Gasteiger partial charge in [0.15, 0.2) is 0 Å². The molecular formula is C20H23N5O2S. The fourth-order valence-corrected chi connectivity index (χ4v) is 3.94. The predicted octanol–water partition coefficient (Wildman–Crippen LogP) is 3.55. The Bertz CT molecular complexity index is 1040. The molecule has 3 rings (SSSR count). The van der Waals surface area contributed by atoms with Crippen molar-refractivity contribution in [1.29, 1.82) is 0 Å². The van der Waals surface area contributed by atoms with Crippen LogP contribution in [-0.4, -0.2) is 35.4 Å². The lowest BCUT2D eigenvalue weighted by molar-refractivity contribution is 0.0951. The first-order valence-corrected chi connectivity index (χ1v) is 9.90. The zero-order valence-corrected chi connectivity index (χ0v) is 17.2. The minimum Gasteiger partial charge on any atom is -0.355 e. The standard InChI is InChI=1S/C20H23N5O2S/c1-5-8-22-19(27)16-12(3)15-17(23-10-24-20(15)28-16)25-14-9-13(18(26)21-4)7-6-11(14)2/h6-7,9-10H,5,8H2,1-4H3,(H,21,26)(H,22,27)(H,23,24,25). The molecule has 146 valence electrons. The van der Waals surface area contributed by atoms with Crippen molar-refractivity contribution in [3.63, 3.8) is 0 Å². The largest absolute Gasteiger partial charge is 0.355 e. The van der Waals surface area contributed by atoms with E-state index in [1.54, 1.807) is 19.2 Å². The van der Waals surface area contributed by atoms with Gasteiger partial charge in [0.05, 0.1) is 10.3 Å². The lowest BCUT2D eigenvalue weighted by Gasteiger charge is -2.12. The first kappa shape index (κ1) is 19.8. The molecule has 3 aromatic rings. The van der Waals surface area contributed by atoms with Crippen LogP contribution < -0.4 is 16.0 Å². The Morgan fingerprint density at radius 1 is 1.14 bits per heavy atom. The number of hydrogen-bond acceptors (Lipinski definition) is 6. The van der Waals surface area contributed by atoms with Crippen LogP contribution in [0.3, 0.4) is 0 Å². The lowest BCUT2D eigenvalue weighted by Crippen LogP contribution is -2.23. The zero-order valence-electron chi connectivity index (χ0n) is 16.3. The number of thiophene rings is 1. The molecule has 2 heterocycles. The number of fused-ring (bicyclic) bond motifs is 1. The normalized spacial score (nSPS) is 10.7. The molecule has 2 aromatic heterocycles. The van der Waals surface area contributed by atoms with Crippen molar-refractivity contribution in [2.24, 2.45) is 0 Å². The minimum absolute atomic E-state index is 0.0916. The first-order valence-electron chi connectivity index (χ1n) is 9.08. The highest BCUT2D eigenvalue weighted by atomic mass is 32.1. The summed E-state index contributed by atoms with van der Waals surface area (Å²) in [6.07, 6.45) is 2.36. The zero-order chi connectivity index (χ0) is 20.3. The molecular weight excluding hydrogens is 374 g/mol. The van der Waals surface area contributed by atoms with E-state index in [1.807, 2.05) is 26.8 Å². The summed E-state index contributed by atoms with van der Waals surface area (Å²) in [7, 11) is 1.60. The van der Waals surface area contributed by atoms with Crippen molar-refractivity contribution in [1.82, 2.24) is 20.6 Å². The van der Waals surface area contributed by atoms with Gasteiger partial charge in [0.25, 0.3) is 11.8 Å². The summed E-state index contributed by atoms with van der Waals surface area (Å²) in [6, 6.07) is 5.45. The van der Waals surface area contributed by atoms with Gasteiger partial charge in [-0.15, -0.1) is 11.3 Å². The van der Waals surface area contributed by atoms with E-state index in [9.17, 15) is 9.59 Å². The van der Waals surface area contributed by atoms with E-state index < -0.39 is 0 Å². The Labute approximate surface area is 167 Å². The van der Waals surface area contributed by atoms with Crippen molar-refractivity contribution in [3.8, 4) is 0 Å². The van der Waals surface area contributed by atoms with Gasteiger partial charge < -0.3 is 16.0 Å². The molecule has 0 unspecified atom stereocenters. The van der Waals surface area contributed by atoms with Crippen molar-refractivity contribution in [2.45, 2.75) is 27.2 Å². The van der Waals surface area contributed by atoms with Crippen LogP contribution in [0.25, 0.3) is 10.2 Å². The molecule has 0 aliphatic rings. The van der Waals surface area contributed by atoms with Crippen molar-refractivity contribution in [3.05, 3.63) is 46.1 Å². The highest BCUT2D eigenvalue weighted by molar-refractivity contribution is 7.20. The third kappa shape index (κ3) is 3.82. The predicted molar refractivity (Wildman–Crippen MR) is 113 cm³/mol. The summed E-state index contributed by atoms with van der Waals surface area (Å²) in [5.74, 6) is 0.369. The molecule has 1 aromatic carbocycles. The molecule has 0 bridgehead atoms. The van der Waals surface area contributed by atoms with Crippen LogP contribution in [0.5, 0.6) is 0 Å². The molecule has 0 aliphatic heterocycles. The lowest BCUT2D eigenvalue weighted by atomic mass is 10.1. The van der Waals surface area contributed by atoms with Gasteiger partial charge in [-0.1, -0.05) is 13.0 Å². The number of anilines is 2. The second kappa shape index (κ2) is 8.35. The maximum Gasteiger partial charge on any atom is 0.261 e. The summed E-state index contributed by atoms with van der Waals surface area (Å²) in [4.78, 5) is 34.5. The van der Waals surface area contributed by atoms with Crippen LogP contribution in [0.4, 0.5) is 11.5 Å². The van der Waals surface area contributed by atoms with Gasteiger partial charge in [0.2, 0.25) is 0 Å². The average molecular weight is 398 g/mol. The highest BCUT2D eigenvalue weighted by Crippen LogP contribution is 2.35. The number of nitrogens with zero attached hydrogens (tertiary/aromatic N) is 2. The molecule has 0 spiro atoms. The summed E-state index contributed by atoms with van der Waals surface area (Å²) in [6.45, 7) is 6.51. The number of carbonyl (C=O) groups is 2. The van der Waals surface area contributed by atoms with Crippen molar-refractivity contribution in [2.75, 3.05) is 18.9 Å². The first-order chi connectivity index (χ1) is 13.5. The Morgan fingerprint density at radius 3 is 2.64 bits per heavy atom. The van der Waals surface area contributed by atoms with Crippen LogP contribution in [0.1, 0.15) is 44.5 Å². The van der Waals surface area contributed by atoms with E-state index in [1.165, 1.54) is 17.7 Å². The molecule has 0 saturated heterocycles. The van der Waals surface area contributed by atoms with E-state index in [4.69, 9.17) is 0 Å². The molecule has 0 atom stereocenters. The number of rotatable bonds is 6. The van der Waals surface area contributed by atoms with Gasteiger partial charge in [-0.3, -0.25) is 9.59 Å². The van der Waals surface area contributed by atoms with Gasteiger partial charge in [-0.2, -0.15) is 0 Å². The van der Waals surface area contributed by atoms with Crippen molar-refractivity contribution < 1.29 is 9.59 Å². The number of hydrogen-bond donors (Lipinski definition) is 3. The molecule has 0 radical (unpaired) electrons. The topological polar surface area (TPSA) is 96.0 Å². The van der Waals surface area contributed by atoms with E-state index in [2.05, 4.69) is 25.9 Å². The summed E-state index contributed by atoms with van der Waals surface area (Å²) in [5, 5.41) is 9.67. The van der Waals surface area contributed by atoms with Crippen LogP contribution in [-0.2, 0) is 0 Å². The van der Waals surface area contributed by atoms with Gasteiger partial charge in [-0.25, -0.2) is 9.97 Å². The van der Waals surface area contributed by atoms with E-state index >= 15 is 0 Å². The second-order valence-corrected chi connectivity index (χ2v) is 7.45. The quantitative estimate of drug-likeness (QED) is 0.591. The van der Waals surface area contributed by atoms with Gasteiger partial charge in [-0.05, 0) is 43.5 Å². The molecule has 2 amide bonds. The van der Waals surface area contributed by atoms with Gasteiger partial charge in [0.1, 0.15) is 17.0 Å². The Hall–Kier alpha value is -3.00. The second-order valence-electron chi connectivity index (χ2n) is 6.45. The number of aryl methyl sites for hydroxylation is 2. The van der Waals surface area contributed by atoms with E-state index in [0.29, 0.717) is 22.8 Å². The third-order valence-corrected chi connectivity index (χ3v) is 5.65. The summed E-state index contributed by atoms with van der Waals surface area (Å²) < 4.78 is 0. The summed E-state index contributed by atoms with van der Waals surface area (Å²) in [5.41, 5.74) is 3.16. The Kier molecular flexibility index (Phi) is 5.89. The molecule has 8 heteroatoms. The fraction of sp³-hybridized carbons (Fsp3) is 0.300. The SMILES string of the molecule is CCCNC(=O)c1sc2ncnc(Nc3cc(C(=O)NC)ccc3C)c2c1C. The van der Waals surface area contributed by atoms with Gasteiger partial charge in [0, 0.05) is 24.8 Å². The number of aromatic nitrogens is 2. The smallest absolute Gasteiger partial charge is 0.261 e. The Morgan fingerprint density at radius 2 is 1.93 bits per heavy atom. The average Bonchev–Trinajstić information content (AvgIpc) is 3.04. The fourth-order valence-electron chi connectivity index (χ4n) is 2.87. The highest BCUT2D eigenvalue weighted by Gasteiger charge is 2.19.